The standard InChI is InChI=1S/C10H20N2O4/c11-1-4-14-7-8-16-9-10(13)12-2-5-15-6-3-12/h1-9,11H2. The van der Waals surface area contributed by atoms with Crippen molar-refractivity contribution in [2.45, 2.75) is 0 Å². The van der Waals surface area contributed by atoms with Crippen molar-refractivity contribution in [3.63, 3.8) is 0 Å². The summed E-state index contributed by atoms with van der Waals surface area (Å²) in [5.74, 6) is 0.0159. The normalized spacial score (nSPS) is 16.4. The SMILES string of the molecule is NCCOCCOCC(=O)N1CCOCC1. The first-order valence-corrected chi connectivity index (χ1v) is 5.55. The maximum absolute atomic E-state index is 11.6. The Labute approximate surface area is 95.6 Å². The highest BCUT2D eigenvalue weighted by molar-refractivity contribution is 5.77. The van der Waals surface area contributed by atoms with Gasteiger partial charge in [-0.25, -0.2) is 0 Å². The Morgan fingerprint density at radius 2 is 1.88 bits per heavy atom. The zero-order valence-electron chi connectivity index (χ0n) is 9.52. The van der Waals surface area contributed by atoms with Crippen molar-refractivity contribution >= 4 is 5.91 Å². The first kappa shape index (κ1) is 13.4. The lowest BCUT2D eigenvalue weighted by Crippen LogP contribution is -2.42. The quantitative estimate of drug-likeness (QED) is 0.560. The van der Waals surface area contributed by atoms with E-state index in [-0.39, 0.29) is 12.5 Å². The van der Waals surface area contributed by atoms with E-state index in [4.69, 9.17) is 19.9 Å². The van der Waals surface area contributed by atoms with E-state index in [9.17, 15) is 4.79 Å². The van der Waals surface area contributed by atoms with Crippen molar-refractivity contribution in [1.82, 2.24) is 4.90 Å². The summed E-state index contributed by atoms with van der Waals surface area (Å²) in [6, 6.07) is 0. The predicted octanol–water partition coefficient (Wildman–Crippen LogP) is -1.16. The fourth-order valence-electron chi connectivity index (χ4n) is 1.37. The van der Waals surface area contributed by atoms with E-state index in [2.05, 4.69) is 0 Å². The number of morpholine rings is 1. The maximum Gasteiger partial charge on any atom is 0.248 e. The van der Waals surface area contributed by atoms with Crippen LogP contribution in [0.5, 0.6) is 0 Å². The van der Waals surface area contributed by atoms with Crippen molar-refractivity contribution in [2.24, 2.45) is 5.73 Å². The van der Waals surface area contributed by atoms with E-state index in [1.165, 1.54) is 0 Å². The Balaban J connectivity index is 1.97. The Bertz CT molecular complexity index is 195. The Hall–Kier alpha value is -0.690. The molecule has 1 aliphatic rings. The van der Waals surface area contributed by atoms with Crippen molar-refractivity contribution < 1.29 is 19.0 Å². The number of nitrogens with two attached hydrogens (primary N) is 1. The van der Waals surface area contributed by atoms with E-state index in [0.29, 0.717) is 52.7 Å². The summed E-state index contributed by atoms with van der Waals surface area (Å²) >= 11 is 0. The summed E-state index contributed by atoms with van der Waals surface area (Å²) in [5.41, 5.74) is 5.25. The minimum Gasteiger partial charge on any atom is -0.378 e. The topological polar surface area (TPSA) is 74.0 Å². The summed E-state index contributed by atoms with van der Waals surface area (Å²) in [6.07, 6.45) is 0. The zero-order valence-corrected chi connectivity index (χ0v) is 9.52. The van der Waals surface area contributed by atoms with Gasteiger partial charge in [-0.1, -0.05) is 0 Å². The van der Waals surface area contributed by atoms with Crippen molar-refractivity contribution in [3.8, 4) is 0 Å². The molecule has 0 bridgehead atoms. The highest BCUT2D eigenvalue weighted by atomic mass is 16.5. The van der Waals surface area contributed by atoms with Crippen LogP contribution in [0.25, 0.3) is 0 Å². The van der Waals surface area contributed by atoms with Crippen molar-refractivity contribution in [2.75, 3.05) is 59.3 Å². The third kappa shape index (κ3) is 5.41. The van der Waals surface area contributed by atoms with Gasteiger partial charge < -0.3 is 24.8 Å². The van der Waals surface area contributed by atoms with Gasteiger partial charge in [-0.3, -0.25) is 4.79 Å². The lowest BCUT2D eigenvalue weighted by atomic mass is 10.4. The van der Waals surface area contributed by atoms with E-state index in [0.717, 1.165) is 0 Å². The molecule has 1 saturated heterocycles. The van der Waals surface area contributed by atoms with Crippen LogP contribution in [0.15, 0.2) is 0 Å². The smallest absolute Gasteiger partial charge is 0.248 e. The van der Waals surface area contributed by atoms with Crippen LogP contribution in [0.1, 0.15) is 0 Å². The summed E-state index contributed by atoms with van der Waals surface area (Å²) in [4.78, 5) is 13.3. The summed E-state index contributed by atoms with van der Waals surface area (Å²) in [6.45, 7) is 4.61. The third-order valence-electron chi connectivity index (χ3n) is 2.22. The van der Waals surface area contributed by atoms with Gasteiger partial charge >= 0.3 is 0 Å². The van der Waals surface area contributed by atoms with Crippen LogP contribution < -0.4 is 5.73 Å². The van der Waals surface area contributed by atoms with Gasteiger partial charge in [0.1, 0.15) is 6.61 Å². The van der Waals surface area contributed by atoms with Crippen molar-refractivity contribution in [1.29, 1.82) is 0 Å². The third-order valence-corrected chi connectivity index (χ3v) is 2.22. The first-order valence-electron chi connectivity index (χ1n) is 5.55. The molecule has 16 heavy (non-hydrogen) atoms. The maximum atomic E-state index is 11.6. The van der Waals surface area contributed by atoms with Gasteiger partial charge in [-0.15, -0.1) is 0 Å². The van der Waals surface area contributed by atoms with Gasteiger partial charge in [0.25, 0.3) is 0 Å². The first-order chi connectivity index (χ1) is 7.84. The largest absolute Gasteiger partial charge is 0.378 e. The van der Waals surface area contributed by atoms with Gasteiger partial charge in [-0.05, 0) is 0 Å². The van der Waals surface area contributed by atoms with Gasteiger partial charge in [0.2, 0.25) is 5.91 Å². The molecule has 0 radical (unpaired) electrons. The monoisotopic (exact) mass is 232 g/mol. The number of hydrogen-bond donors (Lipinski definition) is 1. The zero-order chi connectivity index (χ0) is 11.6. The number of ether oxygens (including phenoxy) is 3. The molecule has 0 spiro atoms. The molecule has 0 aromatic heterocycles. The average molecular weight is 232 g/mol. The number of rotatable bonds is 7. The number of amides is 1. The average Bonchev–Trinajstić information content (AvgIpc) is 2.34. The molecule has 0 aromatic carbocycles. The van der Waals surface area contributed by atoms with Gasteiger partial charge in [0.05, 0.1) is 33.0 Å². The molecule has 0 aromatic rings. The summed E-state index contributed by atoms with van der Waals surface area (Å²) in [7, 11) is 0. The molecule has 0 aliphatic carbocycles. The lowest BCUT2D eigenvalue weighted by Gasteiger charge is -2.26. The van der Waals surface area contributed by atoms with Crippen LogP contribution in [-0.2, 0) is 19.0 Å². The predicted molar refractivity (Wildman–Crippen MR) is 58.1 cm³/mol. The molecule has 1 rings (SSSR count). The molecular formula is C10H20N2O4. The lowest BCUT2D eigenvalue weighted by molar-refractivity contribution is -0.140. The van der Waals surface area contributed by atoms with Gasteiger partial charge in [-0.2, -0.15) is 0 Å². The van der Waals surface area contributed by atoms with Crippen LogP contribution in [0, 0.1) is 0 Å². The number of hydrogen-bond acceptors (Lipinski definition) is 5. The Kier molecular flexibility index (Phi) is 7.07. The van der Waals surface area contributed by atoms with E-state index in [1.807, 2.05) is 0 Å². The summed E-state index contributed by atoms with van der Waals surface area (Å²) in [5, 5.41) is 0. The van der Waals surface area contributed by atoms with Crippen LogP contribution in [0.4, 0.5) is 0 Å². The highest BCUT2D eigenvalue weighted by Gasteiger charge is 2.16. The molecule has 1 amide bonds. The number of carbonyl (C=O) groups is 1. The summed E-state index contributed by atoms with van der Waals surface area (Å²) < 4.78 is 15.5. The van der Waals surface area contributed by atoms with Crippen LogP contribution in [0.2, 0.25) is 0 Å². The van der Waals surface area contributed by atoms with Crippen LogP contribution >= 0.6 is 0 Å². The molecule has 1 heterocycles. The highest BCUT2D eigenvalue weighted by Crippen LogP contribution is 1.97. The molecule has 1 fully saturated rings. The molecular weight excluding hydrogens is 212 g/mol. The Morgan fingerprint density at radius 3 is 2.56 bits per heavy atom. The molecule has 6 heteroatoms. The second-order valence-corrected chi connectivity index (χ2v) is 3.45. The van der Waals surface area contributed by atoms with E-state index >= 15 is 0 Å². The van der Waals surface area contributed by atoms with E-state index in [1.54, 1.807) is 4.90 Å². The molecule has 94 valence electrons. The van der Waals surface area contributed by atoms with Gasteiger partial charge in [0.15, 0.2) is 0 Å². The minimum absolute atomic E-state index is 0.0159. The second-order valence-electron chi connectivity index (χ2n) is 3.45. The van der Waals surface area contributed by atoms with E-state index < -0.39 is 0 Å². The fraction of sp³-hybridized carbons (Fsp3) is 0.900. The molecule has 6 nitrogen and oxygen atoms in total. The second kappa shape index (κ2) is 8.46. The molecule has 0 saturated carbocycles. The van der Waals surface area contributed by atoms with Crippen molar-refractivity contribution in [3.05, 3.63) is 0 Å². The molecule has 1 aliphatic heterocycles. The van der Waals surface area contributed by atoms with Crippen LogP contribution in [-0.4, -0.2) is 70.1 Å². The number of carbonyl (C=O) groups excluding carboxylic acids is 1. The molecule has 0 unspecified atom stereocenters. The minimum atomic E-state index is 0.0159. The van der Waals surface area contributed by atoms with Crippen LogP contribution in [0.3, 0.4) is 0 Å². The van der Waals surface area contributed by atoms with Gasteiger partial charge in [0, 0.05) is 19.6 Å². The molecule has 0 atom stereocenters. The Morgan fingerprint density at radius 1 is 1.19 bits per heavy atom. The molecule has 2 N–H and O–H groups in total. The fourth-order valence-corrected chi connectivity index (χ4v) is 1.37. The number of nitrogens with zero attached hydrogens (tertiary/aromatic N) is 1.